The molecule has 2 heterocycles. The first-order valence-electron chi connectivity index (χ1n) is 5.43. The summed E-state index contributed by atoms with van der Waals surface area (Å²) in [4.78, 5) is 12.8. The van der Waals surface area contributed by atoms with E-state index in [0.717, 1.165) is 12.3 Å². The minimum absolute atomic E-state index is 0.0539. The van der Waals surface area contributed by atoms with E-state index in [-0.39, 0.29) is 12.5 Å². The van der Waals surface area contributed by atoms with E-state index < -0.39 is 5.97 Å². The van der Waals surface area contributed by atoms with Crippen molar-refractivity contribution in [3.8, 4) is 0 Å². The lowest BCUT2D eigenvalue weighted by atomic mass is 10.2. The maximum atomic E-state index is 10.6. The predicted molar refractivity (Wildman–Crippen MR) is 63.7 cm³/mol. The molecule has 6 heteroatoms. The van der Waals surface area contributed by atoms with Gasteiger partial charge in [0, 0.05) is 13.1 Å². The number of ether oxygens (including phenoxy) is 1. The average Bonchev–Trinajstić information content (AvgIpc) is 2.63. The van der Waals surface area contributed by atoms with Crippen LogP contribution in [-0.2, 0) is 16.1 Å². The van der Waals surface area contributed by atoms with E-state index in [1.54, 1.807) is 0 Å². The molecule has 17 heavy (non-hydrogen) atoms. The Morgan fingerprint density at radius 2 is 2.41 bits per heavy atom. The zero-order valence-corrected chi connectivity index (χ0v) is 10.9. The van der Waals surface area contributed by atoms with Gasteiger partial charge in [-0.1, -0.05) is 0 Å². The van der Waals surface area contributed by atoms with Crippen molar-refractivity contribution in [3.05, 3.63) is 22.6 Å². The maximum absolute atomic E-state index is 10.6. The van der Waals surface area contributed by atoms with Gasteiger partial charge in [-0.15, -0.1) is 0 Å². The Kier molecular flexibility index (Phi) is 4.20. The molecule has 5 nitrogen and oxygen atoms in total. The molecule has 0 spiro atoms. The summed E-state index contributed by atoms with van der Waals surface area (Å²) in [7, 11) is 0. The second-order valence-corrected chi connectivity index (χ2v) is 4.81. The van der Waals surface area contributed by atoms with Crippen molar-refractivity contribution in [1.29, 1.82) is 0 Å². The van der Waals surface area contributed by atoms with Crippen LogP contribution in [0.25, 0.3) is 0 Å². The summed E-state index contributed by atoms with van der Waals surface area (Å²) >= 11 is 3.25. The fourth-order valence-electron chi connectivity index (χ4n) is 1.90. The number of nitrogens with zero attached hydrogens (tertiary/aromatic N) is 1. The zero-order valence-electron chi connectivity index (χ0n) is 9.26. The monoisotopic (exact) mass is 303 g/mol. The average molecular weight is 304 g/mol. The molecule has 1 N–H and O–H groups in total. The lowest BCUT2D eigenvalue weighted by Gasteiger charge is -2.31. The Bertz CT molecular complexity index is 393. The summed E-state index contributed by atoms with van der Waals surface area (Å²) in [5.41, 5.74) is 0. The Morgan fingerprint density at radius 1 is 1.59 bits per heavy atom. The van der Waals surface area contributed by atoms with Crippen molar-refractivity contribution in [2.75, 3.05) is 19.7 Å². The van der Waals surface area contributed by atoms with Gasteiger partial charge in [-0.2, -0.15) is 0 Å². The number of hydrogen-bond donors (Lipinski definition) is 1. The van der Waals surface area contributed by atoms with Gasteiger partial charge in [-0.05, 0) is 28.1 Å². The molecule has 1 aliphatic heterocycles. The molecule has 1 atom stereocenters. The molecule has 0 aliphatic carbocycles. The third-order valence-corrected chi connectivity index (χ3v) is 3.06. The number of hydrogen-bond acceptors (Lipinski definition) is 4. The fourth-order valence-corrected chi connectivity index (χ4v) is 2.24. The minimum Gasteiger partial charge on any atom is -0.481 e. The molecule has 1 aliphatic rings. The number of carbonyl (C=O) groups is 1. The topological polar surface area (TPSA) is 62.9 Å². The highest BCUT2D eigenvalue weighted by molar-refractivity contribution is 9.10. The van der Waals surface area contributed by atoms with Crippen LogP contribution in [0.2, 0.25) is 0 Å². The molecule has 0 aromatic carbocycles. The normalized spacial score (nSPS) is 21.6. The Balaban J connectivity index is 1.87. The number of carboxylic acids is 1. The minimum atomic E-state index is -0.822. The van der Waals surface area contributed by atoms with Crippen LogP contribution in [0.3, 0.4) is 0 Å². The standard InChI is InChI=1S/C11H14BrNO4/c12-10-2-1-8(17-10)6-13-3-4-16-9(7-13)5-11(14)15/h1-2,9H,3-7H2,(H,14,15). The molecule has 1 fully saturated rings. The van der Waals surface area contributed by atoms with Crippen molar-refractivity contribution in [1.82, 2.24) is 4.90 Å². The molecule has 94 valence electrons. The summed E-state index contributed by atoms with van der Waals surface area (Å²) in [5, 5.41) is 8.72. The fraction of sp³-hybridized carbons (Fsp3) is 0.545. The number of morpholine rings is 1. The molecule has 1 saturated heterocycles. The molecular weight excluding hydrogens is 290 g/mol. The first-order chi connectivity index (χ1) is 8.13. The van der Waals surface area contributed by atoms with Gasteiger partial charge >= 0.3 is 5.97 Å². The third kappa shape index (κ3) is 3.83. The maximum Gasteiger partial charge on any atom is 0.306 e. The molecule has 0 bridgehead atoms. The number of furan rings is 1. The van der Waals surface area contributed by atoms with Gasteiger partial charge in [0.1, 0.15) is 5.76 Å². The van der Waals surface area contributed by atoms with Crippen LogP contribution in [0.15, 0.2) is 21.2 Å². The van der Waals surface area contributed by atoms with E-state index in [1.807, 2.05) is 12.1 Å². The first-order valence-corrected chi connectivity index (χ1v) is 6.23. The van der Waals surface area contributed by atoms with Gasteiger partial charge in [0.2, 0.25) is 0 Å². The highest BCUT2D eigenvalue weighted by Gasteiger charge is 2.23. The first kappa shape index (κ1) is 12.6. The summed E-state index contributed by atoms with van der Waals surface area (Å²) in [5.74, 6) is 0.0467. The van der Waals surface area contributed by atoms with Crippen molar-refractivity contribution in [2.45, 2.75) is 19.1 Å². The van der Waals surface area contributed by atoms with Crippen molar-refractivity contribution < 1.29 is 19.1 Å². The second kappa shape index (κ2) is 5.66. The van der Waals surface area contributed by atoms with Crippen molar-refractivity contribution in [3.63, 3.8) is 0 Å². The van der Waals surface area contributed by atoms with Gasteiger partial charge in [0.15, 0.2) is 4.67 Å². The van der Waals surface area contributed by atoms with Crippen LogP contribution < -0.4 is 0 Å². The van der Waals surface area contributed by atoms with Crippen LogP contribution >= 0.6 is 15.9 Å². The van der Waals surface area contributed by atoms with Gasteiger partial charge in [0.05, 0.1) is 25.7 Å². The molecular formula is C11H14BrNO4. The number of carboxylic acid groups (broad SMARTS) is 1. The zero-order chi connectivity index (χ0) is 12.3. The number of halogens is 1. The van der Waals surface area contributed by atoms with Gasteiger partial charge in [-0.25, -0.2) is 0 Å². The predicted octanol–water partition coefficient (Wildman–Crippen LogP) is 1.72. The van der Waals surface area contributed by atoms with Crippen LogP contribution in [0, 0.1) is 0 Å². The number of rotatable bonds is 4. The van der Waals surface area contributed by atoms with E-state index in [4.69, 9.17) is 14.3 Å². The number of aliphatic carboxylic acids is 1. The lowest BCUT2D eigenvalue weighted by molar-refractivity contribution is -0.142. The Morgan fingerprint density at radius 3 is 3.06 bits per heavy atom. The summed E-state index contributed by atoms with van der Waals surface area (Å²) < 4.78 is 11.5. The molecule has 1 aromatic heterocycles. The largest absolute Gasteiger partial charge is 0.481 e. The summed E-state index contributed by atoms with van der Waals surface area (Å²) in [6.07, 6.45) is -0.169. The van der Waals surface area contributed by atoms with Crippen LogP contribution in [0.5, 0.6) is 0 Å². The lowest BCUT2D eigenvalue weighted by Crippen LogP contribution is -2.42. The van der Waals surface area contributed by atoms with E-state index in [1.165, 1.54) is 0 Å². The Hall–Kier alpha value is -0.850. The van der Waals surface area contributed by atoms with Gasteiger partial charge in [0.25, 0.3) is 0 Å². The highest BCUT2D eigenvalue weighted by atomic mass is 79.9. The van der Waals surface area contributed by atoms with Gasteiger partial charge < -0.3 is 14.3 Å². The SMILES string of the molecule is O=C(O)CC1CN(Cc2ccc(Br)o2)CCO1. The van der Waals surface area contributed by atoms with Crippen LogP contribution in [0.4, 0.5) is 0 Å². The smallest absolute Gasteiger partial charge is 0.306 e. The van der Waals surface area contributed by atoms with E-state index in [9.17, 15) is 4.79 Å². The van der Waals surface area contributed by atoms with E-state index in [2.05, 4.69) is 20.8 Å². The second-order valence-electron chi connectivity index (χ2n) is 4.03. The summed E-state index contributed by atoms with van der Waals surface area (Å²) in [6, 6.07) is 3.76. The quantitative estimate of drug-likeness (QED) is 0.917. The van der Waals surface area contributed by atoms with Crippen molar-refractivity contribution in [2.24, 2.45) is 0 Å². The molecule has 1 unspecified atom stereocenters. The van der Waals surface area contributed by atoms with E-state index >= 15 is 0 Å². The highest BCUT2D eigenvalue weighted by Crippen LogP contribution is 2.17. The molecule has 0 radical (unpaired) electrons. The van der Waals surface area contributed by atoms with E-state index in [0.29, 0.717) is 24.4 Å². The molecule has 1 aromatic rings. The Labute approximate surface area is 107 Å². The van der Waals surface area contributed by atoms with Gasteiger partial charge in [-0.3, -0.25) is 9.69 Å². The van der Waals surface area contributed by atoms with Crippen LogP contribution in [0.1, 0.15) is 12.2 Å². The van der Waals surface area contributed by atoms with Crippen LogP contribution in [-0.4, -0.2) is 41.8 Å². The van der Waals surface area contributed by atoms with Crippen molar-refractivity contribution >= 4 is 21.9 Å². The molecule has 2 rings (SSSR count). The third-order valence-electron chi connectivity index (χ3n) is 2.63. The molecule has 0 amide bonds. The summed E-state index contributed by atoms with van der Waals surface area (Å²) in [6.45, 7) is 2.68. The molecule has 0 saturated carbocycles.